The zero-order chi connectivity index (χ0) is 13.2. The molecule has 0 spiro atoms. The smallest absolute Gasteiger partial charge is 0.118 e. The van der Waals surface area contributed by atoms with Crippen molar-refractivity contribution in [1.82, 2.24) is 0 Å². The van der Waals surface area contributed by atoms with Crippen molar-refractivity contribution in [3.8, 4) is 5.75 Å². The summed E-state index contributed by atoms with van der Waals surface area (Å²) in [5.41, 5.74) is -0.0340. The molecule has 2 rings (SSSR count). The molecule has 2 nitrogen and oxygen atoms in total. The summed E-state index contributed by atoms with van der Waals surface area (Å²) >= 11 is 7.39. The Kier molecular flexibility index (Phi) is 3.95. The Labute approximate surface area is 116 Å². The van der Waals surface area contributed by atoms with Gasteiger partial charge in [0.25, 0.3) is 0 Å². The average molecular weight is 283 g/mol. The van der Waals surface area contributed by atoms with E-state index in [1.165, 1.54) is 11.3 Å². The largest absolute Gasteiger partial charge is 0.497 e. The van der Waals surface area contributed by atoms with Crippen LogP contribution in [-0.4, -0.2) is 12.2 Å². The van der Waals surface area contributed by atoms with Crippen LogP contribution >= 0.6 is 22.9 Å². The van der Waals surface area contributed by atoms with Crippen LogP contribution in [0, 0.1) is 0 Å². The number of halogens is 1. The first kappa shape index (κ1) is 13.4. The Morgan fingerprint density at radius 2 is 1.89 bits per heavy atom. The molecular weight excluding hydrogens is 268 g/mol. The summed E-state index contributed by atoms with van der Waals surface area (Å²) in [6.45, 7) is 1.81. The Morgan fingerprint density at radius 3 is 2.39 bits per heavy atom. The van der Waals surface area contributed by atoms with E-state index >= 15 is 0 Å². The maximum atomic E-state index is 10.5. The maximum Gasteiger partial charge on any atom is 0.118 e. The van der Waals surface area contributed by atoms with Crippen LogP contribution in [0.1, 0.15) is 17.4 Å². The first-order valence-electron chi connectivity index (χ1n) is 5.62. The molecule has 4 heteroatoms. The minimum Gasteiger partial charge on any atom is -0.497 e. The molecule has 0 radical (unpaired) electrons. The van der Waals surface area contributed by atoms with Gasteiger partial charge in [-0.1, -0.05) is 23.7 Å². The molecule has 1 unspecified atom stereocenters. The van der Waals surface area contributed by atoms with Crippen LogP contribution in [-0.2, 0) is 12.0 Å². The van der Waals surface area contributed by atoms with Gasteiger partial charge in [-0.3, -0.25) is 0 Å². The van der Waals surface area contributed by atoms with Crippen molar-refractivity contribution in [2.75, 3.05) is 7.11 Å². The zero-order valence-electron chi connectivity index (χ0n) is 10.3. The Morgan fingerprint density at radius 1 is 1.22 bits per heavy atom. The highest BCUT2D eigenvalue weighted by Crippen LogP contribution is 2.31. The molecule has 1 aromatic heterocycles. The summed E-state index contributed by atoms with van der Waals surface area (Å²) in [5, 5.41) is 10.5. The number of ether oxygens (including phenoxy) is 1. The van der Waals surface area contributed by atoms with E-state index in [1.54, 1.807) is 7.11 Å². The molecule has 0 aliphatic heterocycles. The van der Waals surface area contributed by atoms with Crippen LogP contribution in [0.2, 0.25) is 4.34 Å². The summed E-state index contributed by atoms with van der Waals surface area (Å²) < 4.78 is 5.85. The Bertz CT molecular complexity index is 517. The second-order valence-corrected chi connectivity index (χ2v) is 6.18. The summed E-state index contributed by atoms with van der Waals surface area (Å²) in [4.78, 5) is 1.07. The van der Waals surface area contributed by atoms with Crippen LogP contribution < -0.4 is 4.74 Å². The highest BCUT2D eigenvalue weighted by atomic mass is 35.5. The number of methoxy groups -OCH3 is 1. The lowest BCUT2D eigenvalue weighted by Crippen LogP contribution is -2.23. The molecule has 1 N–H and O–H groups in total. The van der Waals surface area contributed by atoms with Crippen molar-refractivity contribution in [3.63, 3.8) is 0 Å². The van der Waals surface area contributed by atoms with Gasteiger partial charge >= 0.3 is 0 Å². The second-order valence-electron chi connectivity index (χ2n) is 4.38. The highest BCUT2D eigenvalue weighted by molar-refractivity contribution is 7.16. The van der Waals surface area contributed by atoms with Crippen LogP contribution in [0.15, 0.2) is 36.4 Å². The molecule has 1 atom stereocenters. The molecule has 1 aromatic carbocycles. The lowest BCUT2D eigenvalue weighted by Gasteiger charge is -2.23. The fourth-order valence-electron chi connectivity index (χ4n) is 1.84. The van der Waals surface area contributed by atoms with E-state index < -0.39 is 5.60 Å². The fraction of sp³-hybridized carbons (Fsp3) is 0.286. The first-order chi connectivity index (χ1) is 8.51. The zero-order valence-corrected chi connectivity index (χ0v) is 11.9. The standard InChI is InChI=1S/C14H15ClO2S/c1-14(16,9-12-7-8-13(15)18-12)10-3-5-11(17-2)6-4-10/h3-8,16H,9H2,1-2H3. The average Bonchev–Trinajstić information content (AvgIpc) is 2.74. The predicted octanol–water partition coefficient (Wildman–Crippen LogP) is 3.86. The Hall–Kier alpha value is -1.03. The molecule has 2 aromatic rings. The van der Waals surface area contributed by atoms with Crippen LogP contribution in [0.5, 0.6) is 5.75 Å². The monoisotopic (exact) mass is 282 g/mol. The molecule has 0 saturated heterocycles. The van der Waals surface area contributed by atoms with Crippen molar-refractivity contribution < 1.29 is 9.84 Å². The minimum atomic E-state index is -0.902. The second kappa shape index (κ2) is 5.31. The number of hydrogen-bond donors (Lipinski definition) is 1. The van der Waals surface area contributed by atoms with Gasteiger partial charge in [-0.05, 0) is 36.8 Å². The highest BCUT2D eigenvalue weighted by Gasteiger charge is 2.24. The van der Waals surface area contributed by atoms with Gasteiger partial charge in [0, 0.05) is 11.3 Å². The topological polar surface area (TPSA) is 29.5 Å². The molecule has 0 aliphatic rings. The van der Waals surface area contributed by atoms with Gasteiger partial charge in [0.1, 0.15) is 5.75 Å². The molecular formula is C14H15ClO2S. The summed E-state index contributed by atoms with van der Waals surface area (Å²) in [6.07, 6.45) is 0.552. The van der Waals surface area contributed by atoms with Gasteiger partial charge < -0.3 is 9.84 Å². The molecule has 1 heterocycles. The molecule has 0 fully saturated rings. The van der Waals surface area contributed by atoms with Gasteiger partial charge in [0.05, 0.1) is 17.0 Å². The van der Waals surface area contributed by atoms with Gasteiger partial charge in [0.2, 0.25) is 0 Å². The van der Waals surface area contributed by atoms with Crippen molar-refractivity contribution in [2.45, 2.75) is 18.9 Å². The summed E-state index contributed by atoms with van der Waals surface area (Å²) in [6, 6.07) is 11.3. The molecule has 0 saturated carbocycles. The SMILES string of the molecule is COc1ccc(C(C)(O)Cc2ccc(Cl)s2)cc1. The number of rotatable bonds is 4. The normalized spacial score (nSPS) is 14.2. The molecule has 0 aliphatic carbocycles. The van der Waals surface area contributed by atoms with E-state index in [0.717, 1.165) is 20.5 Å². The van der Waals surface area contributed by atoms with Gasteiger partial charge in [-0.15, -0.1) is 11.3 Å². The first-order valence-corrected chi connectivity index (χ1v) is 6.82. The Balaban J connectivity index is 2.18. The maximum absolute atomic E-state index is 10.5. The third-order valence-electron chi connectivity index (χ3n) is 2.86. The minimum absolute atomic E-state index is 0.552. The lowest BCUT2D eigenvalue weighted by atomic mass is 9.92. The number of aliphatic hydroxyl groups is 1. The molecule has 0 amide bonds. The van der Waals surface area contributed by atoms with Crippen LogP contribution in [0.25, 0.3) is 0 Å². The van der Waals surface area contributed by atoms with Gasteiger partial charge in [0.15, 0.2) is 0 Å². The fourth-order valence-corrected chi connectivity index (χ4v) is 3.07. The third kappa shape index (κ3) is 3.05. The van der Waals surface area contributed by atoms with Crippen molar-refractivity contribution in [3.05, 3.63) is 51.2 Å². The van der Waals surface area contributed by atoms with Crippen molar-refractivity contribution >= 4 is 22.9 Å². The van der Waals surface area contributed by atoms with E-state index in [4.69, 9.17) is 16.3 Å². The summed E-state index contributed by atoms with van der Waals surface area (Å²) in [5.74, 6) is 0.786. The quantitative estimate of drug-likeness (QED) is 0.923. The lowest BCUT2D eigenvalue weighted by molar-refractivity contribution is 0.0584. The van der Waals surface area contributed by atoms with Gasteiger partial charge in [-0.25, -0.2) is 0 Å². The van der Waals surface area contributed by atoms with E-state index in [0.29, 0.717) is 6.42 Å². The van der Waals surface area contributed by atoms with Crippen molar-refractivity contribution in [2.24, 2.45) is 0 Å². The summed E-state index contributed by atoms with van der Waals surface area (Å²) in [7, 11) is 1.63. The predicted molar refractivity (Wildman–Crippen MR) is 75.6 cm³/mol. The van der Waals surface area contributed by atoms with Crippen LogP contribution in [0.3, 0.4) is 0 Å². The van der Waals surface area contributed by atoms with E-state index in [9.17, 15) is 5.11 Å². The number of benzene rings is 1. The van der Waals surface area contributed by atoms with E-state index in [2.05, 4.69) is 0 Å². The molecule has 18 heavy (non-hydrogen) atoms. The number of thiophene rings is 1. The van der Waals surface area contributed by atoms with Gasteiger partial charge in [-0.2, -0.15) is 0 Å². The molecule has 0 bridgehead atoms. The molecule has 96 valence electrons. The van der Waals surface area contributed by atoms with Crippen LogP contribution in [0.4, 0.5) is 0 Å². The van der Waals surface area contributed by atoms with E-state index in [1.807, 2.05) is 43.3 Å². The number of hydrogen-bond acceptors (Lipinski definition) is 3. The van der Waals surface area contributed by atoms with E-state index in [-0.39, 0.29) is 0 Å². The third-order valence-corrected chi connectivity index (χ3v) is 4.09. The van der Waals surface area contributed by atoms with Crippen molar-refractivity contribution in [1.29, 1.82) is 0 Å².